The lowest BCUT2D eigenvalue weighted by molar-refractivity contribution is 0.134. The summed E-state index contributed by atoms with van der Waals surface area (Å²) in [5, 5.41) is 58.7. The number of rotatable bonds is 16. The van der Waals surface area contributed by atoms with Crippen LogP contribution in [0.2, 0.25) is 0 Å². The molecule has 4 atom stereocenters. The van der Waals surface area contributed by atoms with Crippen molar-refractivity contribution >= 4 is 44.1 Å². The quantitative estimate of drug-likeness (QED) is 0.0698. The highest BCUT2D eigenvalue weighted by Crippen LogP contribution is 2.46. The van der Waals surface area contributed by atoms with Crippen molar-refractivity contribution in [3.05, 3.63) is 124 Å². The molecule has 4 fully saturated rings. The predicted octanol–water partition coefficient (Wildman–Crippen LogP) is 13.3. The van der Waals surface area contributed by atoms with Crippen LogP contribution in [-0.4, -0.2) is 98.9 Å². The van der Waals surface area contributed by atoms with Gasteiger partial charge >= 0.3 is 0 Å². The number of nitriles is 4. The maximum Gasteiger partial charge on any atom is 0.141 e. The summed E-state index contributed by atoms with van der Waals surface area (Å²) in [7, 11) is 0. The Hall–Kier alpha value is -10.7. The monoisotopic (exact) mass is 1220 g/mol. The number of hydrogen-bond acceptors (Lipinski definition) is 16. The van der Waals surface area contributed by atoms with Crippen LogP contribution < -0.4 is 0 Å². The van der Waals surface area contributed by atoms with E-state index in [1.807, 2.05) is 117 Å². The van der Waals surface area contributed by atoms with Crippen LogP contribution in [0.5, 0.6) is 0 Å². The molecular weight excluding hydrogens is 1150 g/mol. The van der Waals surface area contributed by atoms with E-state index in [-0.39, 0.29) is 24.2 Å². The molecule has 0 bridgehead atoms. The first-order chi connectivity index (χ1) is 45.0. The first-order valence-electron chi connectivity index (χ1n) is 31.8. The van der Waals surface area contributed by atoms with Gasteiger partial charge in [-0.3, -0.25) is 18.7 Å². The average molecular weight is 1230 g/mol. The summed E-state index contributed by atoms with van der Waals surface area (Å²) >= 11 is 0. The number of H-pyrrole nitrogens is 4. The normalized spacial score (nSPS) is 21.7. The lowest BCUT2D eigenvalue weighted by atomic mass is 9.71. The van der Waals surface area contributed by atoms with Crippen molar-refractivity contribution in [2.45, 2.75) is 129 Å². The molecule has 4 aliphatic carbocycles. The molecule has 24 heteroatoms. The minimum atomic E-state index is 0.161. The van der Waals surface area contributed by atoms with Crippen molar-refractivity contribution < 1.29 is 0 Å². The molecule has 0 radical (unpaired) electrons. The smallest absolute Gasteiger partial charge is 0.141 e. The molecule has 0 saturated heterocycles. The van der Waals surface area contributed by atoms with Crippen molar-refractivity contribution in [3.63, 3.8) is 0 Å². The third-order valence-corrected chi connectivity index (χ3v) is 19.3. The Balaban J connectivity index is 0.000000112. The molecule has 4 N–H and O–H groups in total. The molecule has 16 rings (SSSR count). The summed E-state index contributed by atoms with van der Waals surface area (Å²) in [5.41, 5.74) is 10.7. The first kappa shape index (κ1) is 60.2. The zero-order valence-electron chi connectivity index (χ0n) is 51.9. The second-order valence-corrected chi connectivity index (χ2v) is 25.7. The summed E-state index contributed by atoms with van der Waals surface area (Å²) in [5.74, 6) is 5.25. The van der Waals surface area contributed by atoms with Gasteiger partial charge in [-0.1, -0.05) is 27.7 Å². The highest BCUT2D eigenvalue weighted by Gasteiger charge is 2.37. The Kier molecular flexibility index (Phi) is 17.5. The number of hydrogen-bond donors (Lipinski definition) is 4. The maximum atomic E-state index is 9.15. The van der Waals surface area contributed by atoms with Gasteiger partial charge in [0.25, 0.3) is 0 Å². The topological polar surface area (TPSA) is 333 Å². The summed E-state index contributed by atoms with van der Waals surface area (Å²) in [6, 6.07) is 17.8. The van der Waals surface area contributed by atoms with Crippen LogP contribution in [0, 0.1) is 92.7 Å². The van der Waals surface area contributed by atoms with Crippen molar-refractivity contribution in [1.29, 1.82) is 21.0 Å². The molecule has 0 aromatic carbocycles. The van der Waals surface area contributed by atoms with E-state index in [0.29, 0.717) is 49.4 Å². The highest BCUT2D eigenvalue weighted by molar-refractivity contribution is 5.92. The predicted molar refractivity (Wildman–Crippen MR) is 345 cm³/mol. The molecule has 0 unspecified atom stereocenters. The van der Waals surface area contributed by atoms with E-state index in [0.717, 1.165) is 113 Å². The van der Waals surface area contributed by atoms with E-state index in [4.69, 9.17) is 21.0 Å². The number of fused-ring (bicyclic) bond motifs is 4. The van der Waals surface area contributed by atoms with Gasteiger partial charge in [0.1, 0.15) is 47.9 Å². The fourth-order valence-electron chi connectivity index (χ4n) is 14.4. The van der Waals surface area contributed by atoms with Gasteiger partial charge in [0.2, 0.25) is 0 Å². The van der Waals surface area contributed by atoms with Gasteiger partial charge in [-0.15, -0.1) is 0 Å². The van der Waals surface area contributed by atoms with Gasteiger partial charge in [0, 0.05) is 93.4 Å². The fourth-order valence-corrected chi connectivity index (χ4v) is 14.4. The van der Waals surface area contributed by atoms with E-state index < -0.39 is 0 Å². The number of aromatic nitrogens is 20. The highest BCUT2D eigenvalue weighted by atomic mass is 15.3. The molecule has 464 valence electrons. The van der Waals surface area contributed by atoms with Crippen molar-refractivity contribution in [2.24, 2.45) is 47.3 Å². The zero-order valence-corrected chi connectivity index (χ0v) is 51.9. The van der Waals surface area contributed by atoms with Gasteiger partial charge in [-0.05, 0) is 123 Å². The van der Waals surface area contributed by atoms with Crippen molar-refractivity contribution in [2.75, 3.05) is 0 Å². The summed E-state index contributed by atoms with van der Waals surface area (Å²) < 4.78 is 7.82. The van der Waals surface area contributed by atoms with E-state index >= 15 is 0 Å². The summed E-state index contributed by atoms with van der Waals surface area (Å²) in [6.07, 6.45) is 40.5. The Morgan fingerprint density at radius 3 is 0.772 bits per heavy atom. The molecule has 0 spiro atoms. The van der Waals surface area contributed by atoms with E-state index in [2.05, 4.69) is 132 Å². The van der Waals surface area contributed by atoms with Gasteiger partial charge in [-0.25, -0.2) is 39.9 Å². The molecule has 4 saturated carbocycles. The van der Waals surface area contributed by atoms with E-state index in [1.165, 1.54) is 51.4 Å². The van der Waals surface area contributed by atoms with Crippen molar-refractivity contribution in [1.82, 2.24) is 98.9 Å². The van der Waals surface area contributed by atoms with Crippen LogP contribution in [0.3, 0.4) is 0 Å². The van der Waals surface area contributed by atoms with Crippen LogP contribution >= 0.6 is 0 Å². The van der Waals surface area contributed by atoms with E-state index in [9.17, 15) is 0 Å². The summed E-state index contributed by atoms with van der Waals surface area (Å²) in [4.78, 5) is 46.9. The minimum absolute atomic E-state index is 0.161. The molecule has 4 aliphatic rings. The van der Waals surface area contributed by atoms with Gasteiger partial charge in [-0.2, -0.15) is 41.4 Å². The molecule has 12 aromatic heterocycles. The Morgan fingerprint density at radius 2 is 0.576 bits per heavy atom. The first-order valence-corrected chi connectivity index (χ1v) is 31.8. The number of nitrogens with zero attached hydrogens (tertiary/aromatic N) is 20. The third-order valence-electron chi connectivity index (χ3n) is 19.3. The second-order valence-electron chi connectivity index (χ2n) is 25.7. The zero-order chi connectivity index (χ0) is 63.2. The molecule has 0 aliphatic heterocycles. The maximum absolute atomic E-state index is 9.15. The van der Waals surface area contributed by atoms with Crippen LogP contribution in [-0.2, 0) is 0 Å². The van der Waals surface area contributed by atoms with Gasteiger partial charge in [0.05, 0.1) is 122 Å². The van der Waals surface area contributed by atoms with Gasteiger partial charge in [0.15, 0.2) is 0 Å². The molecule has 0 amide bonds. The minimum Gasteiger partial charge on any atom is -0.346 e. The van der Waals surface area contributed by atoms with E-state index in [1.54, 1.807) is 25.3 Å². The molecule has 12 heterocycles. The Labute approximate surface area is 531 Å². The summed E-state index contributed by atoms with van der Waals surface area (Å²) in [6.45, 7) is 9.05. The largest absolute Gasteiger partial charge is 0.346 e. The molecule has 12 aromatic rings. The van der Waals surface area contributed by atoms with Crippen molar-refractivity contribution in [3.8, 4) is 69.3 Å². The average Bonchev–Trinajstić information content (AvgIpc) is 1.67. The van der Waals surface area contributed by atoms with Crippen LogP contribution in [0.25, 0.3) is 89.2 Å². The molecular formula is C68H72N24. The Bertz CT molecular complexity index is 4040. The Morgan fingerprint density at radius 1 is 0.359 bits per heavy atom. The lowest BCUT2D eigenvalue weighted by Gasteiger charge is -2.37. The van der Waals surface area contributed by atoms with Gasteiger partial charge < -0.3 is 19.9 Å². The lowest BCUT2D eigenvalue weighted by Crippen LogP contribution is -2.30. The molecule has 24 nitrogen and oxygen atoms in total. The SMILES string of the molecule is CC1CC([C@@H](CC#N)n2cc(-c3ncnc4[nH]ccc34)cn2)C1.CC1CC([C@@H](CC#N)n2cc(-c3ncnc4[nH]ccc34)cn2)C1.CC1CC([C@H](CC#N)n2cc(-c3ncnc4[nH]ccc34)cn2)C1.CC1CC([C@H](CC#N)n2cc(-c3ncnc4[nH]ccc34)cn2)C1. The number of nitrogens with one attached hydrogen (secondary N) is 4. The number of aromatic amines is 4. The fraction of sp³-hybridized carbons (Fsp3) is 0.412. The molecule has 92 heavy (non-hydrogen) atoms. The third kappa shape index (κ3) is 12.5. The standard InChI is InChI=1S/4C17H18N6/c4*1-11-6-12(7-11)15(2-4-18)23-9-13(8-22-23)16-14-3-5-19-17(14)21-10-20-16/h4*3,5,8-12,15H,2,6-7H2,1H3,(H,19,20,21)/t4*11?,12?,15-/m1100/s1. The second kappa shape index (κ2) is 26.8. The van der Waals surface area contributed by atoms with Crippen LogP contribution in [0.1, 0.15) is 129 Å². The van der Waals surface area contributed by atoms with Crippen LogP contribution in [0.4, 0.5) is 0 Å². The van der Waals surface area contributed by atoms with Crippen LogP contribution in [0.15, 0.2) is 124 Å².